The van der Waals surface area contributed by atoms with E-state index in [1.807, 2.05) is 0 Å². The Labute approximate surface area is 148 Å². The fourth-order valence-corrected chi connectivity index (χ4v) is 2.45. The van der Waals surface area contributed by atoms with Crippen LogP contribution in [0, 0.1) is 0 Å². The lowest BCUT2D eigenvalue weighted by molar-refractivity contribution is -0.137. The van der Waals surface area contributed by atoms with Crippen molar-refractivity contribution in [1.82, 2.24) is 0 Å². The van der Waals surface area contributed by atoms with Crippen molar-refractivity contribution in [3.63, 3.8) is 0 Å². The van der Waals surface area contributed by atoms with Crippen LogP contribution in [0.15, 0.2) is 48.5 Å². The number of ether oxygens (including phenoxy) is 1. The number of benzene rings is 2. The number of aliphatic hydroxyl groups is 1. The van der Waals surface area contributed by atoms with Crippen LogP contribution in [0.25, 0.3) is 0 Å². The Kier molecular flexibility index (Phi) is 6.59. The highest BCUT2D eigenvalue weighted by Crippen LogP contribution is 2.34. The molecule has 2 aromatic carbocycles. The smallest absolute Gasteiger partial charge is 0.416 e. The Bertz CT molecular complexity index is 749. The van der Waals surface area contributed by atoms with Gasteiger partial charge in [0.15, 0.2) is 0 Å². The molecule has 0 fully saturated rings. The van der Waals surface area contributed by atoms with E-state index in [9.17, 15) is 23.1 Å². The summed E-state index contributed by atoms with van der Waals surface area (Å²) in [6, 6.07) is 10.7. The molecule has 0 saturated carbocycles. The van der Waals surface area contributed by atoms with Gasteiger partial charge >= 0.3 is 12.1 Å². The minimum Gasteiger partial charge on any atom is -0.478 e. The first-order valence-electron chi connectivity index (χ1n) is 7.80. The Morgan fingerprint density at radius 2 is 1.81 bits per heavy atom. The number of aromatic carboxylic acids is 1. The van der Waals surface area contributed by atoms with Crippen molar-refractivity contribution in [3.8, 4) is 0 Å². The highest BCUT2D eigenvalue weighted by molar-refractivity contribution is 5.95. The third-order valence-corrected chi connectivity index (χ3v) is 3.61. The van der Waals surface area contributed by atoms with Gasteiger partial charge in [0.05, 0.1) is 36.6 Å². The molecule has 2 aromatic rings. The van der Waals surface area contributed by atoms with E-state index >= 15 is 0 Å². The van der Waals surface area contributed by atoms with Crippen molar-refractivity contribution in [2.45, 2.75) is 6.18 Å². The van der Waals surface area contributed by atoms with Gasteiger partial charge in [-0.25, -0.2) is 4.79 Å². The molecule has 0 aliphatic rings. The van der Waals surface area contributed by atoms with Gasteiger partial charge in [-0.3, -0.25) is 0 Å². The van der Waals surface area contributed by atoms with Crippen molar-refractivity contribution < 1.29 is 32.9 Å². The average molecular weight is 369 g/mol. The van der Waals surface area contributed by atoms with Crippen LogP contribution in [0.3, 0.4) is 0 Å². The molecule has 26 heavy (non-hydrogen) atoms. The molecule has 2 rings (SSSR count). The Balaban J connectivity index is 2.44. The SMILES string of the molecule is O=C(O)c1ccccc1N(CCOCCO)c1cccc(C(F)(F)F)c1. The van der Waals surface area contributed by atoms with Crippen LogP contribution in [0.1, 0.15) is 15.9 Å². The zero-order valence-electron chi connectivity index (χ0n) is 13.7. The fourth-order valence-electron chi connectivity index (χ4n) is 2.45. The van der Waals surface area contributed by atoms with Crippen molar-refractivity contribution in [1.29, 1.82) is 0 Å². The summed E-state index contributed by atoms with van der Waals surface area (Å²) >= 11 is 0. The number of anilines is 2. The summed E-state index contributed by atoms with van der Waals surface area (Å²) in [5.41, 5.74) is -0.413. The summed E-state index contributed by atoms with van der Waals surface area (Å²) in [5, 5.41) is 18.2. The second-order valence-electron chi connectivity index (χ2n) is 5.36. The molecule has 0 bridgehead atoms. The highest BCUT2D eigenvalue weighted by atomic mass is 19.4. The number of hydrogen-bond donors (Lipinski definition) is 2. The number of carboxylic acids is 1. The van der Waals surface area contributed by atoms with Crippen molar-refractivity contribution in [3.05, 3.63) is 59.7 Å². The molecular weight excluding hydrogens is 351 g/mol. The molecule has 140 valence electrons. The summed E-state index contributed by atoms with van der Waals surface area (Å²) in [7, 11) is 0. The number of nitrogens with zero attached hydrogens (tertiary/aromatic N) is 1. The Morgan fingerprint density at radius 1 is 1.08 bits per heavy atom. The van der Waals surface area contributed by atoms with Crippen LogP contribution in [0.4, 0.5) is 24.5 Å². The van der Waals surface area contributed by atoms with Crippen molar-refractivity contribution in [2.24, 2.45) is 0 Å². The molecular formula is C18H18F3NO4. The first kappa shape index (κ1) is 19.7. The fraction of sp³-hybridized carbons (Fsp3) is 0.278. The highest BCUT2D eigenvalue weighted by Gasteiger charge is 2.31. The van der Waals surface area contributed by atoms with Crippen LogP contribution in [-0.4, -0.2) is 42.5 Å². The zero-order valence-corrected chi connectivity index (χ0v) is 13.7. The summed E-state index contributed by atoms with van der Waals surface area (Å²) in [5.74, 6) is -1.19. The number of aliphatic hydroxyl groups excluding tert-OH is 1. The molecule has 0 radical (unpaired) electrons. The predicted octanol–water partition coefficient (Wildman–Crippen LogP) is 3.55. The molecule has 0 aliphatic heterocycles. The first-order chi connectivity index (χ1) is 12.3. The van der Waals surface area contributed by atoms with E-state index in [-0.39, 0.29) is 43.3 Å². The van der Waals surface area contributed by atoms with E-state index in [4.69, 9.17) is 9.84 Å². The molecule has 0 unspecified atom stereocenters. The number of rotatable bonds is 8. The average Bonchev–Trinajstić information content (AvgIpc) is 2.61. The monoisotopic (exact) mass is 369 g/mol. The van der Waals surface area contributed by atoms with E-state index in [0.29, 0.717) is 0 Å². The lowest BCUT2D eigenvalue weighted by atomic mass is 10.1. The summed E-state index contributed by atoms with van der Waals surface area (Å²) in [6.07, 6.45) is -4.51. The standard InChI is InChI=1S/C18H18F3NO4/c19-18(20,21)13-4-3-5-14(12-13)22(8-10-26-11-9-23)16-7-2-1-6-15(16)17(24)25/h1-7,12,23H,8-11H2,(H,24,25). The molecule has 0 amide bonds. The van der Waals surface area contributed by atoms with Gasteiger partial charge in [0, 0.05) is 12.2 Å². The maximum absolute atomic E-state index is 13.0. The third kappa shape index (κ3) is 4.96. The topological polar surface area (TPSA) is 70.0 Å². The largest absolute Gasteiger partial charge is 0.478 e. The van der Waals surface area contributed by atoms with E-state index in [2.05, 4.69) is 0 Å². The molecule has 2 N–H and O–H groups in total. The molecule has 0 heterocycles. The second kappa shape index (κ2) is 8.68. The van der Waals surface area contributed by atoms with Gasteiger partial charge in [-0.05, 0) is 30.3 Å². The maximum atomic E-state index is 13.0. The van der Waals surface area contributed by atoms with Gasteiger partial charge in [0.25, 0.3) is 0 Å². The Morgan fingerprint density at radius 3 is 2.46 bits per heavy atom. The van der Waals surface area contributed by atoms with Gasteiger partial charge in [-0.15, -0.1) is 0 Å². The van der Waals surface area contributed by atoms with Gasteiger partial charge < -0.3 is 19.8 Å². The van der Waals surface area contributed by atoms with Gasteiger partial charge in [-0.2, -0.15) is 13.2 Å². The normalized spacial score (nSPS) is 11.4. The molecule has 5 nitrogen and oxygen atoms in total. The second-order valence-corrected chi connectivity index (χ2v) is 5.36. The Hall–Kier alpha value is -2.58. The number of halogens is 3. The van der Waals surface area contributed by atoms with Crippen molar-refractivity contribution >= 4 is 17.3 Å². The number of alkyl halides is 3. The summed E-state index contributed by atoms with van der Waals surface area (Å²) in [4.78, 5) is 12.9. The molecule has 8 heteroatoms. The van der Waals surface area contributed by atoms with Gasteiger partial charge in [0.2, 0.25) is 0 Å². The van der Waals surface area contributed by atoms with E-state index in [0.717, 1.165) is 12.1 Å². The number of hydrogen-bond acceptors (Lipinski definition) is 4. The van der Waals surface area contributed by atoms with E-state index in [1.54, 1.807) is 12.1 Å². The van der Waals surface area contributed by atoms with Crippen LogP contribution >= 0.6 is 0 Å². The minimum absolute atomic E-state index is 0.0351. The van der Waals surface area contributed by atoms with Gasteiger partial charge in [0.1, 0.15) is 0 Å². The molecule has 0 atom stereocenters. The van der Waals surface area contributed by atoms with Crippen molar-refractivity contribution in [2.75, 3.05) is 31.3 Å². The van der Waals surface area contributed by atoms with Crippen LogP contribution < -0.4 is 4.90 Å². The zero-order chi connectivity index (χ0) is 19.2. The number of para-hydroxylation sites is 1. The summed E-state index contributed by atoms with van der Waals surface area (Å²) in [6.45, 7) is 0.114. The number of carbonyl (C=O) groups is 1. The summed E-state index contributed by atoms with van der Waals surface area (Å²) < 4.78 is 44.3. The van der Waals surface area contributed by atoms with Crippen LogP contribution in [0.2, 0.25) is 0 Å². The molecule has 0 aliphatic carbocycles. The lowest BCUT2D eigenvalue weighted by Gasteiger charge is -2.27. The molecule has 0 aromatic heterocycles. The van der Waals surface area contributed by atoms with E-state index in [1.165, 1.54) is 29.2 Å². The third-order valence-electron chi connectivity index (χ3n) is 3.61. The predicted molar refractivity (Wildman–Crippen MR) is 89.8 cm³/mol. The van der Waals surface area contributed by atoms with Crippen LogP contribution in [0.5, 0.6) is 0 Å². The van der Waals surface area contributed by atoms with Crippen LogP contribution in [-0.2, 0) is 10.9 Å². The minimum atomic E-state index is -4.51. The lowest BCUT2D eigenvalue weighted by Crippen LogP contribution is -2.25. The van der Waals surface area contributed by atoms with E-state index < -0.39 is 17.7 Å². The van der Waals surface area contributed by atoms with Gasteiger partial charge in [-0.1, -0.05) is 18.2 Å². The molecule has 0 spiro atoms. The maximum Gasteiger partial charge on any atom is 0.416 e. The molecule has 0 saturated heterocycles. The quantitative estimate of drug-likeness (QED) is 0.697. The first-order valence-corrected chi connectivity index (χ1v) is 7.80. The number of carboxylic acid groups (broad SMARTS) is 1.